The van der Waals surface area contributed by atoms with Crippen LogP contribution in [0.1, 0.15) is 37.3 Å². The summed E-state index contributed by atoms with van der Waals surface area (Å²) >= 11 is 0. The zero-order valence-corrected chi connectivity index (χ0v) is 8.96. The van der Waals surface area contributed by atoms with Crippen LogP contribution in [0.4, 0.5) is 0 Å². The highest BCUT2D eigenvalue weighted by molar-refractivity contribution is 5.42. The van der Waals surface area contributed by atoms with Gasteiger partial charge in [0.05, 0.1) is 0 Å². The normalized spacial score (nSPS) is 10.9. The third-order valence-corrected chi connectivity index (χ3v) is 2.42. The fourth-order valence-electron chi connectivity index (χ4n) is 1.57. The van der Waals surface area contributed by atoms with Gasteiger partial charge in [0, 0.05) is 0 Å². The number of para-hydroxylation sites is 1. The summed E-state index contributed by atoms with van der Waals surface area (Å²) in [6.45, 7) is 4.84. The van der Waals surface area contributed by atoms with Crippen molar-refractivity contribution in [1.82, 2.24) is 0 Å². The van der Waals surface area contributed by atoms with E-state index < -0.39 is 0 Å². The zero-order chi connectivity index (χ0) is 10.6. The molecule has 2 heteroatoms. The molecule has 2 nitrogen and oxygen atoms in total. The van der Waals surface area contributed by atoms with Crippen LogP contribution in [-0.2, 0) is 6.42 Å². The average Bonchev–Trinajstić information content (AvgIpc) is 2.16. The monoisotopic (exact) mass is 193 g/mol. The quantitative estimate of drug-likeness (QED) is 0.771. The van der Waals surface area contributed by atoms with Gasteiger partial charge in [-0.1, -0.05) is 32.0 Å². The summed E-state index contributed by atoms with van der Waals surface area (Å²) < 4.78 is 0. The lowest BCUT2D eigenvalue weighted by Crippen LogP contribution is -2.01. The summed E-state index contributed by atoms with van der Waals surface area (Å²) in [7, 11) is 0. The molecular weight excluding hydrogens is 174 g/mol. The summed E-state index contributed by atoms with van der Waals surface area (Å²) in [5.41, 5.74) is 7.49. The van der Waals surface area contributed by atoms with E-state index in [0.717, 1.165) is 24.0 Å². The van der Waals surface area contributed by atoms with Crippen LogP contribution in [0.2, 0.25) is 0 Å². The van der Waals surface area contributed by atoms with Gasteiger partial charge in [0.1, 0.15) is 5.75 Å². The number of hydrogen-bond donors (Lipinski definition) is 2. The Labute approximate surface area is 85.8 Å². The van der Waals surface area contributed by atoms with Gasteiger partial charge in [-0.25, -0.2) is 0 Å². The summed E-state index contributed by atoms with van der Waals surface area (Å²) in [4.78, 5) is 0. The second kappa shape index (κ2) is 5.01. The first kappa shape index (κ1) is 11.1. The second-order valence-corrected chi connectivity index (χ2v) is 3.90. The molecule has 0 aliphatic rings. The number of nitrogens with two attached hydrogens (primary N) is 1. The maximum Gasteiger partial charge on any atom is 0.122 e. The number of phenols is 1. The van der Waals surface area contributed by atoms with Crippen LogP contribution < -0.4 is 5.73 Å². The number of aromatic hydroxyl groups is 1. The molecule has 1 aromatic carbocycles. The highest BCUT2D eigenvalue weighted by Gasteiger charge is 2.08. The minimum absolute atomic E-state index is 0.368. The molecule has 14 heavy (non-hydrogen) atoms. The van der Waals surface area contributed by atoms with Crippen molar-refractivity contribution in [3.8, 4) is 5.75 Å². The fraction of sp³-hybridized carbons (Fsp3) is 0.500. The summed E-state index contributed by atoms with van der Waals surface area (Å²) in [5.74, 6) is 0.823. The summed E-state index contributed by atoms with van der Waals surface area (Å²) in [6, 6.07) is 5.95. The van der Waals surface area contributed by atoms with E-state index in [1.165, 1.54) is 0 Å². The first-order chi connectivity index (χ1) is 6.66. The Kier molecular flexibility index (Phi) is 3.96. The topological polar surface area (TPSA) is 46.2 Å². The number of benzene rings is 1. The Morgan fingerprint density at radius 2 is 2.07 bits per heavy atom. The van der Waals surface area contributed by atoms with E-state index in [1.54, 1.807) is 0 Å². The van der Waals surface area contributed by atoms with Gasteiger partial charge in [-0.05, 0) is 36.4 Å². The molecule has 0 aliphatic heterocycles. The van der Waals surface area contributed by atoms with Crippen LogP contribution in [0.25, 0.3) is 0 Å². The van der Waals surface area contributed by atoms with Crippen molar-refractivity contribution in [3.63, 3.8) is 0 Å². The highest BCUT2D eigenvalue weighted by Crippen LogP contribution is 2.29. The van der Waals surface area contributed by atoms with Gasteiger partial charge in [0.2, 0.25) is 0 Å². The molecule has 0 bridgehead atoms. The molecule has 0 aromatic heterocycles. The third-order valence-electron chi connectivity index (χ3n) is 2.42. The molecule has 3 N–H and O–H groups in total. The van der Waals surface area contributed by atoms with E-state index >= 15 is 0 Å². The standard InChI is InChI=1S/C12H19NO/c1-9(2)11-7-3-5-10(12(11)14)6-4-8-13/h3,5,7,9,14H,4,6,8,13H2,1-2H3. The van der Waals surface area contributed by atoms with Gasteiger partial charge in [-0.3, -0.25) is 0 Å². The minimum atomic E-state index is 0.368. The molecule has 0 aliphatic carbocycles. The van der Waals surface area contributed by atoms with Crippen molar-refractivity contribution in [3.05, 3.63) is 29.3 Å². The number of hydrogen-bond acceptors (Lipinski definition) is 2. The van der Waals surface area contributed by atoms with Gasteiger partial charge < -0.3 is 10.8 Å². The van der Waals surface area contributed by atoms with Crippen LogP contribution >= 0.6 is 0 Å². The smallest absolute Gasteiger partial charge is 0.122 e. The van der Waals surface area contributed by atoms with Crippen molar-refractivity contribution in [1.29, 1.82) is 0 Å². The van der Waals surface area contributed by atoms with Crippen LogP contribution in [0.5, 0.6) is 5.75 Å². The predicted octanol–water partition coefficient (Wildman–Crippen LogP) is 2.41. The molecule has 0 atom stereocenters. The van der Waals surface area contributed by atoms with Crippen molar-refractivity contribution >= 4 is 0 Å². The summed E-state index contributed by atoms with van der Waals surface area (Å²) in [6.07, 6.45) is 1.79. The lowest BCUT2D eigenvalue weighted by atomic mass is 9.97. The van der Waals surface area contributed by atoms with Crippen LogP contribution in [0.15, 0.2) is 18.2 Å². The molecule has 0 fully saturated rings. The van der Waals surface area contributed by atoms with E-state index in [0.29, 0.717) is 18.2 Å². The number of rotatable bonds is 4. The molecule has 0 radical (unpaired) electrons. The molecule has 0 saturated heterocycles. The molecule has 0 unspecified atom stereocenters. The maximum atomic E-state index is 9.95. The first-order valence-corrected chi connectivity index (χ1v) is 5.17. The van der Waals surface area contributed by atoms with E-state index in [1.807, 2.05) is 18.2 Å². The van der Waals surface area contributed by atoms with Crippen LogP contribution in [-0.4, -0.2) is 11.7 Å². The van der Waals surface area contributed by atoms with E-state index in [2.05, 4.69) is 13.8 Å². The van der Waals surface area contributed by atoms with Gasteiger partial charge in [0.25, 0.3) is 0 Å². The zero-order valence-electron chi connectivity index (χ0n) is 8.96. The van der Waals surface area contributed by atoms with Crippen molar-refractivity contribution < 1.29 is 5.11 Å². The van der Waals surface area contributed by atoms with E-state index in [-0.39, 0.29) is 0 Å². The second-order valence-electron chi connectivity index (χ2n) is 3.90. The molecule has 78 valence electrons. The number of aryl methyl sites for hydroxylation is 1. The van der Waals surface area contributed by atoms with Crippen molar-refractivity contribution in [2.24, 2.45) is 5.73 Å². The Balaban J connectivity index is 2.89. The van der Waals surface area contributed by atoms with E-state index in [4.69, 9.17) is 5.73 Å². The largest absolute Gasteiger partial charge is 0.507 e. The maximum absolute atomic E-state index is 9.95. The fourth-order valence-corrected chi connectivity index (χ4v) is 1.57. The molecule has 0 saturated carbocycles. The van der Waals surface area contributed by atoms with Gasteiger partial charge in [0.15, 0.2) is 0 Å². The van der Waals surface area contributed by atoms with Crippen LogP contribution in [0.3, 0.4) is 0 Å². The molecular formula is C12H19NO. The first-order valence-electron chi connectivity index (χ1n) is 5.17. The van der Waals surface area contributed by atoms with Gasteiger partial charge in [-0.2, -0.15) is 0 Å². The molecule has 0 spiro atoms. The summed E-state index contributed by atoms with van der Waals surface area (Å²) in [5, 5.41) is 9.95. The van der Waals surface area contributed by atoms with Gasteiger partial charge in [-0.15, -0.1) is 0 Å². The Hall–Kier alpha value is -1.02. The lowest BCUT2D eigenvalue weighted by molar-refractivity contribution is 0.457. The number of phenolic OH excluding ortho intramolecular Hbond substituents is 1. The van der Waals surface area contributed by atoms with Gasteiger partial charge >= 0.3 is 0 Å². The average molecular weight is 193 g/mol. The Morgan fingerprint density at radius 1 is 1.36 bits per heavy atom. The Morgan fingerprint density at radius 3 is 2.64 bits per heavy atom. The van der Waals surface area contributed by atoms with Crippen LogP contribution in [0, 0.1) is 0 Å². The SMILES string of the molecule is CC(C)c1cccc(CCCN)c1O. The van der Waals surface area contributed by atoms with Crippen molar-refractivity contribution in [2.45, 2.75) is 32.6 Å². The Bertz CT molecular complexity index is 294. The minimum Gasteiger partial charge on any atom is -0.507 e. The lowest BCUT2D eigenvalue weighted by Gasteiger charge is -2.11. The predicted molar refractivity (Wildman–Crippen MR) is 59.6 cm³/mol. The highest BCUT2D eigenvalue weighted by atomic mass is 16.3. The molecule has 1 aromatic rings. The van der Waals surface area contributed by atoms with E-state index in [9.17, 15) is 5.11 Å². The van der Waals surface area contributed by atoms with Crippen molar-refractivity contribution in [2.75, 3.05) is 6.54 Å². The molecule has 0 heterocycles. The molecule has 1 rings (SSSR count). The third kappa shape index (κ3) is 2.48. The molecule has 0 amide bonds.